The largest absolute Gasteiger partial charge is 0.326 e. The summed E-state index contributed by atoms with van der Waals surface area (Å²) in [6, 6.07) is 24.4. The smallest absolute Gasteiger partial charge is 0.228 e. The molecular formula is C25H25NO2. The number of nitrogens with one attached hydrogen (secondary N) is 1. The quantitative estimate of drug-likeness (QED) is 0.611. The second-order valence-corrected chi connectivity index (χ2v) is 7.95. The van der Waals surface area contributed by atoms with Gasteiger partial charge in [0.25, 0.3) is 0 Å². The topological polar surface area (TPSA) is 46.2 Å². The molecule has 0 heterocycles. The summed E-state index contributed by atoms with van der Waals surface area (Å²) in [5.41, 5.74) is 4.00. The van der Waals surface area contributed by atoms with Crippen LogP contribution in [-0.2, 0) is 16.6 Å². The van der Waals surface area contributed by atoms with E-state index in [2.05, 4.69) is 26.1 Å². The molecule has 0 radical (unpaired) electrons. The molecule has 0 aliphatic heterocycles. The molecule has 0 saturated heterocycles. The van der Waals surface area contributed by atoms with E-state index in [1.165, 1.54) is 5.56 Å². The van der Waals surface area contributed by atoms with Crippen LogP contribution in [0.25, 0.3) is 0 Å². The number of benzene rings is 3. The first kappa shape index (κ1) is 19.6. The standard InChI is InChI=1S/C25H25NO2/c1-25(2,3)21-14-12-19(13-15-21)24(28)20-10-7-11-22(17-20)26-23(27)16-18-8-5-4-6-9-18/h4-15,17H,16H2,1-3H3,(H,26,27). The first-order valence-electron chi connectivity index (χ1n) is 9.42. The van der Waals surface area contributed by atoms with Crippen molar-refractivity contribution in [2.24, 2.45) is 0 Å². The highest BCUT2D eigenvalue weighted by Gasteiger charge is 2.15. The van der Waals surface area contributed by atoms with Crippen molar-refractivity contribution in [3.8, 4) is 0 Å². The van der Waals surface area contributed by atoms with Crippen LogP contribution in [-0.4, -0.2) is 11.7 Å². The van der Waals surface area contributed by atoms with Crippen LogP contribution in [0.4, 0.5) is 5.69 Å². The first-order chi connectivity index (χ1) is 13.3. The Morgan fingerprint density at radius 3 is 2.11 bits per heavy atom. The van der Waals surface area contributed by atoms with Crippen molar-refractivity contribution in [2.75, 3.05) is 5.32 Å². The second-order valence-electron chi connectivity index (χ2n) is 7.95. The molecule has 3 aromatic rings. The van der Waals surface area contributed by atoms with Crippen molar-refractivity contribution in [1.29, 1.82) is 0 Å². The molecule has 0 bridgehead atoms. The zero-order valence-corrected chi connectivity index (χ0v) is 16.5. The summed E-state index contributed by atoms with van der Waals surface area (Å²) in [7, 11) is 0. The highest BCUT2D eigenvalue weighted by Crippen LogP contribution is 2.23. The second kappa shape index (κ2) is 8.22. The Morgan fingerprint density at radius 1 is 0.786 bits per heavy atom. The third-order valence-corrected chi connectivity index (χ3v) is 4.63. The highest BCUT2D eigenvalue weighted by molar-refractivity contribution is 6.09. The predicted molar refractivity (Wildman–Crippen MR) is 114 cm³/mol. The van der Waals surface area contributed by atoms with Crippen molar-refractivity contribution in [2.45, 2.75) is 32.6 Å². The summed E-state index contributed by atoms with van der Waals surface area (Å²) in [6.45, 7) is 6.43. The van der Waals surface area contributed by atoms with Crippen molar-refractivity contribution in [3.05, 3.63) is 101 Å². The normalized spacial score (nSPS) is 11.1. The first-order valence-corrected chi connectivity index (χ1v) is 9.42. The van der Waals surface area contributed by atoms with Crippen LogP contribution >= 0.6 is 0 Å². The predicted octanol–water partition coefficient (Wildman–Crippen LogP) is 5.40. The summed E-state index contributed by atoms with van der Waals surface area (Å²) in [6.07, 6.45) is 0.299. The van der Waals surface area contributed by atoms with Gasteiger partial charge in [-0.2, -0.15) is 0 Å². The molecule has 0 aromatic heterocycles. The number of carbonyl (C=O) groups excluding carboxylic acids is 2. The van der Waals surface area contributed by atoms with Crippen molar-refractivity contribution >= 4 is 17.4 Å². The number of hydrogen-bond acceptors (Lipinski definition) is 2. The Kier molecular flexibility index (Phi) is 5.74. The fraction of sp³-hybridized carbons (Fsp3) is 0.200. The van der Waals surface area contributed by atoms with Crippen LogP contribution in [0.5, 0.6) is 0 Å². The van der Waals surface area contributed by atoms with Crippen molar-refractivity contribution in [1.82, 2.24) is 0 Å². The van der Waals surface area contributed by atoms with E-state index >= 15 is 0 Å². The third kappa shape index (κ3) is 4.95. The van der Waals surface area contributed by atoms with E-state index in [1.807, 2.05) is 54.6 Å². The molecule has 0 unspecified atom stereocenters. The molecular weight excluding hydrogens is 346 g/mol. The summed E-state index contributed by atoms with van der Waals surface area (Å²) >= 11 is 0. The minimum atomic E-state index is -0.106. The van der Waals surface area contributed by atoms with Crippen molar-refractivity contribution < 1.29 is 9.59 Å². The van der Waals surface area contributed by atoms with Gasteiger partial charge in [-0.3, -0.25) is 9.59 Å². The molecule has 142 valence electrons. The fourth-order valence-electron chi connectivity index (χ4n) is 3.01. The highest BCUT2D eigenvalue weighted by atomic mass is 16.1. The lowest BCUT2D eigenvalue weighted by Crippen LogP contribution is -2.15. The molecule has 3 heteroatoms. The van der Waals surface area contributed by atoms with Gasteiger partial charge in [-0.05, 0) is 28.7 Å². The van der Waals surface area contributed by atoms with Gasteiger partial charge in [-0.1, -0.05) is 87.5 Å². The number of amides is 1. The van der Waals surface area contributed by atoms with E-state index in [9.17, 15) is 9.59 Å². The van der Waals surface area contributed by atoms with Crippen LogP contribution in [0.15, 0.2) is 78.9 Å². The minimum Gasteiger partial charge on any atom is -0.326 e. The Morgan fingerprint density at radius 2 is 1.46 bits per heavy atom. The number of rotatable bonds is 5. The molecule has 1 N–H and O–H groups in total. The lowest BCUT2D eigenvalue weighted by Gasteiger charge is -2.19. The van der Waals surface area contributed by atoms with Crippen LogP contribution in [0.1, 0.15) is 47.8 Å². The van der Waals surface area contributed by atoms with Gasteiger partial charge in [0, 0.05) is 16.8 Å². The van der Waals surface area contributed by atoms with E-state index in [0.29, 0.717) is 23.2 Å². The summed E-state index contributed by atoms with van der Waals surface area (Å²) in [4.78, 5) is 25.1. The third-order valence-electron chi connectivity index (χ3n) is 4.63. The van der Waals surface area contributed by atoms with Crippen LogP contribution in [0.2, 0.25) is 0 Å². The average molecular weight is 371 g/mol. The number of carbonyl (C=O) groups is 2. The SMILES string of the molecule is CC(C)(C)c1ccc(C(=O)c2cccc(NC(=O)Cc3ccccc3)c2)cc1. The summed E-state index contributed by atoms with van der Waals surface area (Å²) in [5.74, 6) is -0.162. The number of hydrogen-bond donors (Lipinski definition) is 1. The molecule has 3 aromatic carbocycles. The van der Waals surface area contributed by atoms with Gasteiger partial charge < -0.3 is 5.32 Å². The summed E-state index contributed by atoms with van der Waals surface area (Å²) in [5, 5.41) is 2.87. The monoisotopic (exact) mass is 371 g/mol. The van der Waals surface area contributed by atoms with E-state index < -0.39 is 0 Å². The van der Waals surface area contributed by atoms with Gasteiger partial charge in [-0.15, -0.1) is 0 Å². The fourth-order valence-corrected chi connectivity index (χ4v) is 3.01. The minimum absolute atomic E-state index is 0.0462. The Balaban J connectivity index is 1.72. The van der Waals surface area contributed by atoms with E-state index in [0.717, 1.165) is 5.56 Å². The maximum absolute atomic E-state index is 12.8. The van der Waals surface area contributed by atoms with Gasteiger partial charge in [0.1, 0.15) is 0 Å². The molecule has 3 nitrogen and oxygen atoms in total. The lowest BCUT2D eigenvalue weighted by molar-refractivity contribution is -0.115. The van der Waals surface area contributed by atoms with E-state index in [1.54, 1.807) is 24.3 Å². The molecule has 1 amide bonds. The number of anilines is 1. The van der Waals surface area contributed by atoms with Gasteiger partial charge in [0.15, 0.2) is 5.78 Å². The molecule has 0 fully saturated rings. The Labute approximate surface area is 166 Å². The molecule has 0 spiro atoms. The molecule has 0 atom stereocenters. The maximum atomic E-state index is 12.8. The van der Waals surface area contributed by atoms with Gasteiger partial charge in [0.2, 0.25) is 5.91 Å². The molecule has 3 rings (SSSR count). The van der Waals surface area contributed by atoms with Gasteiger partial charge >= 0.3 is 0 Å². The zero-order chi connectivity index (χ0) is 20.1. The Bertz CT molecular complexity index is 967. The molecule has 0 aliphatic rings. The zero-order valence-electron chi connectivity index (χ0n) is 16.5. The number of ketones is 1. The van der Waals surface area contributed by atoms with E-state index in [-0.39, 0.29) is 17.1 Å². The lowest BCUT2D eigenvalue weighted by atomic mass is 9.86. The van der Waals surface area contributed by atoms with Crippen LogP contribution in [0, 0.1) is 0 Å². The van der Waals surface area contributed by atoms with E-state index in [4.69, 9.17) is 0 Å². The molecule has 0 aliphatic carbocycles. The van der Waals surface area contributed by atoms with Gasteiger partial charge in [-0.25, -0.2) is 0 Å². The van der Waals surface area contributed by atoms with Crippen LogP contribution < -0.4 is 5.32 Å². The molecule has 28 heavy (non-hydrogen) atoms. The maximum Gasteiger partial charge on any atom is 0.228 e. The Hall–Kier alpha value is -3.20. The average Bonchev–Trinajstić information content (AvgIpc) is 2.68. The van der Waals surface area contributed by atoms with Crippen LogP contribution in [0.3, 0.4) is 0 Å². The molecule has 0 saturated carbocycles. The van der Waals surface area contributed by atoms with Crippen molar-refractivity contribution in [3.63, 3.8) is 0 Å². The summed E-state index contributed by atoms with van der Waals surface area (Å²) < 4.78 is 0. The van der Waals surface area contributed by atoms with Gasteiger partial charge in [0.05, 0.1) is 6.42 Å².